The lowest BCUT2D eigenvalue weighted by atomic mass is 9.98. The molecule has 0 spiro atoms. The van der Waals surface area contributed by atoms with Gasteiger partial charge in [-0.2, -0.15) is 0 Å². The molecule has 4 aromatic rings. The van der Waals surface area contributed by atoms with Crippen LogP contribution in [0.3, 0.4) is 0 Å². The summed E-state index contributed by atoms with van der Waals surface area (Å²) in [6.45, 7) is 13.1. The van der Waals surface area contributed by atoms with E-state index >= 15 is 0 Å². The number of hydrogen-bond donors (Lipinski definition) is 1. The van der Waals surface area contributed by atoms with Crippen LogP contribution in [0, 0.1) is 20.8 Å². The zero-order chi connectivity index (χ0) is 29.3. The Labute approximate surface area is 243 Å². The molecule has 1 amide bonds. The number of carbonyl (C=O) groups excluding carboxylic acids is 1. The van der Waals surface area contributed by atoms with E-state index in [4.69, 9.17) is 9.72 Å². The molecule has 7 nitrogen and oxygen atoms in total. The summed E-state index contributed by atoms with van der Waals surface area (Å²) in [5.74, 6) is 1.61. The number of fused-ring (bicyclic) bond motifs is 1. The number of aromatic nitrogens is 2. The molecule has 1 unspecified atom stereocenters. The van der Waals surface area contributed by atoms with Gasteiger partial charge in [-0.15, -0.1) is 0 Å². The van der Waals surface area contributed by atoms with E-state index in [0.717, 1.165) is 76.5 Å². The smallest absolute Gasteiger partial charge is 0.255 e. The average molecular weight is 555 g/mol. The first-order valence-corrected chi connectivity index (χ1v) is 14.6. The van der Waals surface area contributed by atoms with Crippen LogP contribution >= 0.6 is 0 Å². The Kier molecular flexibility index (Phi) is 8.47. The maximum Gasteiger partial charge on any atom is 0.255 e. The van der Waals surface area contributed by atoms with Gasteiger partial charge in [-0.3, -0.25) is 14.3 Å². The number of piperidine rings is 1. The van der Waals surface area contributed by atoms with Crippen molar-refractivity contribution in [3.63, 3.8) is 0 Å². The minimum absolute atomic E-state index is 0.0205. The van der Waals surface area contributed by atoms with Gasteiger partial charge in [0.05, 0.1) is 30.8 Å². The number of β-amino-alcohol motifs (C(OH)–C–C–N with tert-alkyl or cyclic N) is 1. The van der Waals surface area contributed by atoms with Crippen LogP contribution in [0.25, 0.3) is 16.7 Å². The largest absolute Gasteiger partial charge is 0.497 e. The molecule has 7 heteroatoms. The number of aliphatic hydroxyl groups excluding tert-OH is 1. The van der Waals surface area contributed by atoms with E-state index in [0.29, 0.717) is 13.1 Å². The number of aliphatic hydroxyl groups is 1. The fraction of sp³-hybridized carbons (Fsp3) is 0.412. The van der Waals surface area contributed by atoms with Crippen LogP contribution in [0.1, 0.15) is 65.1 Å². The van der Waals surface area contributed by atoms with Crippen molar-refractivity contribution in [1.29, 1.82) is 0 Å². The van der Waals surface area contributed by atoms with Gasteiger partial charge < -0.3 is 14.7 Å². The number of likely N-dealkylation sites (tertiary alicyclic amines) is 1. The van der Waals surface area contributed by atoms with Crippen molar-refractivity contribution in [1.82, 2.24) is 19.4 Å². The third kappa shape index (κ3) is 6.16. The molecule has 0 bridgehead atoms. The summed E-state index contributed by atoms with van der Waals surface area (Å²) in [5.41, 5.74) is 7.93. The first-order chi connectivity index (χ1) is 19.6. The van der Waals surface area contributed by atoms with Crippen molar-refractivity contribution >= 4 is 16.9 Å². The number of imidazole rings is 1. The quantitative estimate of drug-likeness (QED) is 0.291. The molecule has 0 radical (unpaired) electrons. The molecule has 216 valence electrons. The molecule has 5 rings (SSSR count). The highest BCUT2D eigenvalue weighted by Gasteiger charge is 2.26. The van der Waals surface area contributed by atoms with Gasteiger partial charge in [0.15, 0.2) is 0 Å². The Balaban J connectivity index is 1.55. The van der Waals surface area contributed by atoms with Gasteiger partial charge in [-0.05, 0) is 107 Å². The van der Waals surface area contributed by atoms with Crippen LogP contribution in [-0.2, 0) is 13.1 Å². The van der Waals surface area contributed by atoms with E-state index < -0.39 is 0 Å². The summed E-state index contributed by atoms with van der Waals surface area (Å²) in [6, 6.07) is 18.5. The van der Waals surface area contributed by atoms with E-state index in [-0.39, 0.29) is 18.1 Å². The van der Waals surface area contributed by atoms with Gasteiger partial charge >= 0.3 is 0 Å². The van der Waals surface area contributed by atoms with E-state index in [1.54, 1.807) is 7.11 Å². The number of amides is 1. The minimum Gasteiger partial charge on any atom is -0.497 e. The second-order valence-corrected chi connectivity index (χ2v) is 11.7. The van der Waals surface area contributed by atoms with Crippen molar-refractivity contribution < 1.29 is 14.6 Å². The molecule has 1 atom stereocenters. The molecule has 2 heterocycles. The van der Waals surface area contributed by atoms with E-state index in [2.05, 4.69) is 60.6 Å². The van der Waals surface area contributed by atoms with Crippen LogP contribution in [0.4, 0.5) is 0 Å². The van der Waals surface area contributed by atoms with Gasteiger partial charge in [-0.1, -0.05) is 23.8 Å². The van der Waals surface area contributed by atoms with Gasteiger partial charge in [0, 0.05) is 30.4 Å². The van der Waals surface area contributed by atoms with Crippen molar-refractivity contribution in [3.05, 3.63) is 88.2 Å². The predicted molar refractivity (Wildman–Crippen MR) is 164 cm³/mol. The fourth-order valence-electron chi connectivity index (χ4n) is 6.13. The number of hydrogen-bond acceptors (Lipinski definition) is 5. The van der Waals surface area contributed by atoms with Crippen molar-refractivity contribution in [2.75, 3.05) is 20.2 Å². The Morgan fingerprint density at radius 1 is 1.07 bits per heavy atom. The molecule has 0 saturated carbocycles. The Morgan fingerprint density at radius 3 is 2.41 bits per heavy atom. The average Bonchev–Trinajstić information content (AvgIpc) is 3.28. The molecule has 3 aromatic carbocycles. The summed E-state index contributed by atoms with van der Waals surface area (Å²) < 4.78 is 7.56. The molecule has 1 aromatic heterocycles. The monoisotopic (exact) mass is 554 g/mol. The van der Waals surface area contributed by atoms with Crippen LogP contribution in [0.15, 0.2) is 54.6 Å². The standard InChI is InChI=1S/C34H42N4O3/c1-22(2)37(34(40)33-24(4)16-23(3)17-25(33)5)21-32-35-30-18-26(19-36-15-7-8-28(39)20-36)9-14-31(30)38(32)27-10-12-29(41-6)13-11-27/h9-14,16-18,22,28,39H,7-8,15,19-21H2,1-6H3. The number of aryl methyl sites for hydroxylation is 3. The zero-order valence-electron chi connectivity index (χ0n) is 25.1. The predicted octanol–water partition coefficient (Wildman–Crippen LogP) is 5.97. The highest BCUT2D eigenvalue weighted by atomic mass is 16.5. The second kappa shape index (κ2) is 12.0. The highest BCUT2D eigenvalue weighted by Crippen LogP contribution is 2.28. The van der Waals surface area contributed by atoms with Gasteiger partial charge in [0.25, 0.3) is 5.91 Å². The number of rotatable bonds is 8. The highest BCUT2D eigenvalue weighted by molar-refractivity contribution is 5.97. The summed E-state index contributed by atoms with van der Waals surface area (Å²) in [7, 11) is 1.66. The normalized spacial score (nSPS) is 16.0. The molecule has 1 saturated heterocycles. The molecule has 1 fully saturated rings. The molecule has 1 aliphatic rings. The van der Waals surface area contributed by atoms with Crippen molar-refractivity contribution in [2.45, 2.75) is 72.7 Å². The Bertz CT molecular complexity index is 1520. The fourth-order valence-corrected chi connectivity index (χ4v) is 6.13. The van der Waals surface area contributed by atoms with Gasteiger partial charge in [0.1, 0.15) is 11.6 Å². The third-order valence-electron chi connectivity index (χ3n) is 8.09. The third-order valence-corrected chi connectivity index (χ3v) is 8.09. The number of benzene rings is 3. The molecule has 41 heavy (non-hydrogen) atoms. The lowest BCUT2D eigenvalue weighted by molar-refractivity contribution is 0.0667. The minimum atomic E-state index is -0.256. The summed E-state index contributed by atoms with van der Waals surface area (Å²) >= 11 is 0. The van der Waals surface area contributed by atoms with Crippen LogP contribution < -0.4 is 4.74 Å². The number of carbonyl (C=O) groups is 1. The number of ether oxygens (including phenoxy) is 1. The summed E-state index contributed by atoms with van der Waals surface area (Å²) in [6.07, 6.45) is 1.63. The lowest BCUT2D eigenvalue weighted by Gasteiger charge is -2.29. The molecular formula is C34H42N4O3. The molecular weight excluding hydrogens is 512 g/mol. The Hall–Kier alpha value is -3.68. The lowest BCUT2D eigenvalue weighted by Crippen LogP contribution is -2.38. The van der Waals surface area contributed by atoms with Crippen LogP contribution in [-0.4, -0.2) is 62.7 Å². The van der Waals surface area contributed by atoms with Crippen molar-refractivity contribution in [3.8, 4) is 11.4 Å². The zero-order valence-corrected chi connectivity index (χ0v) is 25.1. The molecule has 0 aliphatic carbocycles. The summed E-state index contributed by atoms with van der Waals surface area (Å²) in [4.78, 5) is 23.4. The Morgan fingerprint density at radius 2 is 1.78 bits per heavy atom. The maximum atomic E-state index is 14.0. The maximum absolute atomic E-state index is 14.0. The first-order valence-electron chi connectivity index (χ1n) is 14.6. The summed E-state index contributed by atoms with van der Waals surface area (Å²) in [5, 5.41) is 10.1. The van der Waals surface area contributed by atoms with E-state index in [9.17, 15) is 9.90 Å². The van der Waals surface area contributed by atoms with E-state index in [1.165, 1.54) is 5.56 Å². The topological polar surface area (TPSA) is 70.8 Å². The van der Waals surface area contributed by atoms with Crippen LogP contribution in [0.5, 0.6) is 5.75 Å². The van der Waals surface area contributed by atoms with Gasteiger partial charge in [-0.25, -0.2) is 4.98 Å². The number of nitrogens with zero attached hydrogens (tertiary/aromatic N) is 4. The second-order valence-electron chi connectivity index (χ2n) is 11.7. The number of methoxy groups -OCH3 is 1. The first kappa shape index (κ1) is 28.8. The van der Waals surface area contributed by atoms with E-state index in [1.807, 2.05) is 43.0 Å². The SMILES string of the molecule is COc1ccc(-n2c(CN(C(=O)c3c(C)cc(C)cc3C)C(C)C)nc3cc(CN4CCCC(O)C4)ccc32)cc1. The van der Waals surface area contributed by atoms with Crippen molar-refractivity contribution in [2.24, 2.45) is 0 Å². The van der Waals surface area contributed by atoms with Crippen LogP contribution in [0.2, 0.25) is 0 Å². The van der Waals surface area contributed by atoms with Gasteiger partial charge in [0.2, 0.25) is 0 Å². The molecule has 1 N–H and O–H groups in total. The molecule has 1 aliphatic heterocycles.